The van der Waals surface area contributed by atoms with Crippen molar-refractivity contribution in [2.75, 3.05) is 36.4 Å². The molecule has 0 unspecified atom stereocenters. The molecule has 1 aromatic heterocycles. The number of rotatable bonds is 8. The minimum absolute atomic E-state index is 0.258. The monoisotopic (exact) mass is 507 g/mol. The second kappa shape index (κ2) is 11.0. The summed E-state index contributed by atoms with van der Waals surface area (Å²) >= 11 is 0. The summed E-state index contributed by atoms with van der Waals surface area (Å²) in [6.07, 6.45) is -1.38. The zero-order valence-corrected chi connectivity index (χ0v) is 20.2. The molecule has 1 aliphatic rings. The number of alkyl halides is 3. The summed E-state index contributed by atoms with van der Waals surface area (Å²) in [6.45, 7) is 4.01. The highest BCUT2D eigenvalue weighted by Gasteiger charge is 2.33. The Morgan fingerprint density at radius 1 is 0.838 bits per heavy atom. The van der Waals surface area contributed by atoms with Crippen LogP contribution in [0.1, 0.15) is 22.7 Å². The zero-order chi connectivity index (χ0) is 25.7. The normalized spacial score (nSPS) is 14.6. The summed E-state index contributed by atoms with van der Waals surface area (Å²) in [6, 6.07) is 25.8. The van der Waals surface area contributed by atoms with Gasteiger partial charge in [-0.3, -0.25) is 4.90 Å². The van der Waals surface area contributed by atoms with E-state index >= 15 is 0 Å². The van der Waals surface area contributed by atoms with Gasteiger partial charge in [-0.1, -0.05) is 60.7 Å². The first-order valence-electron chi connectivity index (χ1n) is 12.2. The molecule has 5 nitrogen and oxygen atoms in total. The minimum atomic E-state index is -4.80. The van der Waals surface area contributed by atoms with Crippen molar-refractivity contribution >= 4 is 11.4 Å². The molecule has 0 saturated carbocycles. The third-order valence-corrected chi connectivity index (χ3v) is 6.48. The number of nitrogens with one attached hydrogen (secondary N) is 1. The highest BCUT2D eigenvalue weighted by atomic mass is 19.4. The Labute approximate surface area is 214 Å². The number of hydrogen-bond acceptors (Lipinski definition) is 5. The molecular formula is C29H28F3N3O2. The lowest BCUT2D eigenvalue weighted by Gasteiger charge is -2.36. The highest BCUT2D eigenvalue weighted by Crippen LogP contribution is 2.37. The SMILES string of the molecule is FC(F)(F)Oc1ccc(N2CCN(Cc3ccoc3)CC2)cc1NC(c1ccccc1)c1ccccc1. The number of anilines is 2. The Morgan fingerprint density at radius 3 is 2.05 bits per heavy atom. The number of furan rings is 1. The summed E-state index contributed by atoms with van der Waals surface area (Å²) < 4.78 is 49.4. The van der Waals surface area contributed by atoms with Gasteiger partial charge in [0, 0.05) is 44.0 Å². The molecule has 2 heterocycles. The van der Waals surface area contributed by atoms with Crippen LogP contribution in [0, 0.1) is 0 Å². The number of halogens is 3. The predicted octanol–water partition coefficient (Wildman–Crippen LogP) is 6.70. The first kappa shape index (κ1) is 24.8. The van der Waals surface area contributed by atoms with Crippen LogP contribution in [-0.2, 0) is 6.54 Å². The van der Waals surface area contributed by atoms with E-state index in [1.807, 2.05) is 66.7 Å². The molecule has 37 heavy (non-hydrogen) atoms. The lowest BCUT2D eigenvalue weighted by molar-refractivity contribution is -0.274. The van der Waals surface area contributed by atoms with Crippen LogP contribution < -0.4 is 15.0 Å². The number of benzene rings is 3. The van der Waals surface area contributed by atoms with Gasteiger partial charge in [-0.05, 0) is 35.4 Å². The zero-order valence-electron chi connectivity index (χ0n) is 20.2. The van der Waals surface area contributed by atoms with Gasteiger partial charge in [0.1, 0.15) is 0 Å². The molecule has 0 atom stereocenters. The third-order valence-electron chi connectivity index (χ3n) is 6.48. The maximum absolute atomic E-state index is 13.3. The average Bonchev–Trinajstić information content (AvgIpc) is 3.42. The summed E-state index contributed by atoms with van der Waals surface area (Å²) in [5.41, 5.74) is 4.13. The van der Waals surface area contributed by atoms with Gasteiger partial charge in [0.25, 0.3) is 0 Å². The van der Waals surface area contributed by atoms with Crippen LogP contribution in [0.5, 0.6) is 5.75 Å². The van der Waals surface area contributed by atoms with E-state index in [2.05, 4.69) is 19.9 Å². The van der Waals surface area contributed by atoms with E-state index in [-0.39, 0.29) is 17.5 Å². The van der Waals surface area contributed by atoms with Gasteiger partial charge < -0.3 is 19.4 Å². The standard InChI is InChI=1S/C29H28F3N3O2/c30-29(31,32)37-27-12-11-25(35-16-14-34(15-17-35)20-22-13-18-36-21-22)19-26(27)33-28(23-7-3-1-4-8-23)24-9-5-2-6-10-24/h1-13,18-19,21,28,33H,14-17,20H2. The smallest absolute Gasteiger partial charge is 0.472 e. The van der Waals surface area contributed by atoms with Crippen LogP contribution in [-0.4, -0.2) is 37.4 Å². The molecule has 0 spiro atoms. The summed E-state index contributed by atoms with van der Waals surface area (Å²) in [5, 5.41) is 3.35. The highest BCUT2D eigenvalue weighted by molar-refractivity contribution is 5.67. The van der Waals surface area contributed by atoms with Crippen LogP contribution >= 0.6 is 0 Å². The van der Waals surface area contributed by atoms with Crippen LogP contribution in [0.2, 0.25) is 0 Å². The molecule has 5 rings (SSSR count). The van der Waals surface area contributed by atoms with Gasteiger partial charge in [0.05, 0.1) is 24.3 Å². The summed E-state index contributed by atoms with van der Waals surface area (Å²) in [5.74, 6) is -0.258. The summed E-state index contributed by atoms with van der Waals surface area (Å²) in [4.78, 5) is 4.52. The van der Waals surface area contributed by atoms with Crippen molar-refractivity contribution in [2.24, 2.45) is 0 Å². The average molecular weight is 508 g/mol. The first-order chi connectivity index (χ1) is 17.9. The Morgan fingerprint density at radius 2 is 1.49 bits per heavy atom. The van der Waals surface area contributed by atoms with Crippen LogP contribution in [0.4, 0.5) is 24.5 Å². The lowest BCUT2D eigenvalue weighted by Crippen LogP contribution is -2.45. The molecule has 1 aliphatic heterocycles. The summed E-state index contributed by atoms with van der Waals surface area (Å²) in [7, 11) is 0. The molecule has 0 aliphatic carbocycles. The number of piperazine rings is 1. The van der Waals surface area contributed by atoms with Crippen molar-refractivity contribution in [1.82, 2.24) is 4.90 Å². The van der Waals surface area contributed by atoms with Crippen LogP contribution in [0.3, 0.4) is 0 Å². The number of hydrogen-bond donors (Lipinski definition) is 1. The van der Waals surface area contributed by atoms with Gasteiger partial charge in [0.2, 0.25) is 0 Å². The van der Waals surface area contributed by atoms with Gasteiger partial charge in [0.15, 0.2) is 5.75 Å². The van der Waals surface area contributed by atoms with E-state index in [4.69, 9.17) is 4.42 Å². The maximum atomic E-state index is 13.3. The predicted molar refractivity (Wildman–Crippen MR) is 138 cm³/mol. The van der Waals surface area contributed by atoms with Crippen LogP contribution in [0.25, 0.3) is 0 Å². The second-order valence-electron chi connectivity index (χ2n) is 9.02. The Kier molecular flexibility index (Phi) is 7.37. The molecule has 1 N–H and O–H groups in total. The molecule has 3 aromatic carbocycles. The largest absolute Gasteiger partial charge is 0.573 e. The first-order valence-corrected chi connectivity index (χ1v) is 12.2. The third kappa shape index (κ3) is 6.46. The molecule has 8 heteroatoms. The van der Waals surface area contributed by atoms with Gasteiger partial charge in [-0.2, -0.15) is 0 Å². The van der Waals surface area contributed by atoms with E-state index < -0.39 is 6.36 Å². The van der Waals surface area contributed by atoms with Crippen molar-refractivity contribution in [3.63, 3.8) is 0 Å². The Balaban J connectivity index is 1.41. The lowest BCUT2D eigenvalue weighted by atomic mass is 9.98. The van der Waals surface area contributed by atoms with Crippen LogP contribution in [0.15, 0.2) is 102 Å². The molecule has 1 saturated heterocycles. The molecular weight excluding hydrogens is 479 g/mol. The fourth-order valence-electron chi connectivity index (χ4n) is 4.65. The van der Waals surface area contributed by atoms with Gasteiger partial charge in [-0.15, -0.1) is 13.2 Å². The second-order valence-corrected chi connectivity index (χ2v) is 9.02. The quantitative estimate of drug-likeness (QED) is 0.287. The molecule has 0 radical (unpaired) electrons. The van der Waals surface area contributed by atoms with E-state index in [0.29, 0.717) is 0 Å². The van der Waals surface area contributed by atoms with E-state index in [1.54, 1.807) is 24.7 Å². The number of ether oxygens (including phenoxy) is 1. The minimum Gasteiger partial charge on any atom is -0.472 e. The van der Waals surface area contributed by atoms with Crippen molar-refractivity contribution in [1.29, 1.82) is 0 Å². The Hall–Kier alpha value is -3.91. The van der Waals surface area contributed by atoms with Gasteiger partial charge >= 0.3 is 6.36 Å². The topological polar surface area (TPSA) is 40.9 Å². The van der Waals surface area contributed by atoms with Crippen molar-refractivity contribution in [2.45, 2.75) is 18.9 Å². The van der Waals surface area contributed by atoms with Gasteiger partial charge in [-0.25, -0.2) is 0 Å². The molecule has 0 amide bonds. The Bertz CT molecular complexity index is 1220. The van der Waals surface area contributed by atoms with E-state index in [0.717, 1.165) is 55.1 Å². The van der Waals surface area contributed by atoms with E-state index in [9.17, 15) is 13.2 Å². The molecule has 192 valence electrons. The fourth-order valence-corrected chi connectivity index (χ4v) is 4.65. The van der Waals surface area contributed by atoms with Crippen molar-refractivity contribution in [3.05, 3.63) is 114 Å². The molecule has 1 fully saturated rings. The maximum Gasteiger partial charge on any atom is 0.573 e. The molecule has 4 aromatic rings. The fraction of sp³-hybridized carbons (Fsp3) is 0.241. The van der Waals surface area contributed by atoms with Crippen molar-refractivity contribution in [3.8, 4) is 5.75 Å². The van der Waals surface area contributed by atoms with E-state index in [1.165, 1.54) is 6.07 Å². The molecule has 0 bridgehead atoms. The number of nitrogens with zero attached hydrogens (tertiary/aromatic N) is 2. The van der Waals surface area contributed by atoms with Crippen molar-refractivity contribution < 1.29 is 22.3 Å².